The highest BCUT2D eigenvalue weighted by molar-refractivity contribution is 5.81. The van der Waals surface area contributed by atoms with Crippen molar-refractivity contribution in [3.8, 4) is 0 Å². The fraction of sp³-hybridized carbons (Fsp3) is 0.923. The lowest BCUT2D eigenvalue weighted by atomic mass is 9.94. The van der Waals surface area contributed by atoms with E-state index in [2.05, 4.69) is 25.7 Å². The zero-order valence-corrected chi connectivity index (χ0v) is 11.6. The van der Waals surface area contributed by atoms with Crippen LogP contribution in [0.3, 0.4) is 0 Å². The van der Waals surface area contributed by atoms with E-state index in [0.717, 1.165) is 26.2 Å². The molecule has 0 aliphatic carbocycles. The molecule has 1 saturated heterocycles. The van der Waals surface area contributed by atoms with Gasteiger partial charge in [-0.2, -0.15) is 0 Å². The maximum atomic E-state index is 12.1. The summed E-state index contributed by atoms with van der Waals surface area (Å²) in [7, 11) is 0. The molecule has 0 atom stereocenters. The Bertz CT molecular complexity index is 252. The van der Waals surface area contributed by atoms with Crippen molar-refractivity contribution in [3.05, 3.63) is 0 Å². The minimum atomic E-state index is -0.246. The lowest BCUT2D eigenvalue weighted by Gasteiger charge is -2.43. The van der Waals surface area contributed by atoms with Crippen LogP contribution in [0.2, 0.25) is 0 Å². The summed E-state index contributed by atoms with van der Waals surface area (Å²) in [6, 6.07) is 0. The van der Waals surface area contributed by atoms with Gasteiger partial charge in [-0.05, 0) is 20.8 Å². The molecule has 1 rings (SSSR count). The summed E-state index contributed by atoms with van der Waals surface area (Å²) in [5, 5.41) is 0. The zero-order valence-electron chi connectivity index (χ0n) is 11.6. The van der Waals surface area contributed by atoms with Crippen molar-refractivity contribution in [1.82, 2.24) is 9.80 Å². The normalized spacial score (nSPS) is 20.0. The molecule has 3 nitrogen and oxygen atoms in total. The molecule has 94 valence electrons. The predicted octanol–water partition coefficient (Wildman–Crippen LogP) is 1.98. The van der Waals surface area contributed by atoms with E-state index in [1.807, 2.05) is 25.7 Å². The Balaban J connectivity index is 2.53. The van der Waals surface area contributed by atoms with E-state index >= 15 is 0 Å². The van der Waals surface area contributed by atoms with Crippen molar-refractivity contribution >= 4 is 5.91 Å². The molecule has 0 saturated carbocycles. The quantitative estimate of drug-likeness (QED) is 0.630. The van der Waals surface area contributed by atoms with Gasteiger partial charge in [0, 0.05) is 37.1 Å². The lowest BCUT2D eigenvalue weighted by Crippen LogP contribution is -2.56. The van der Waals surface area contributed by atoms with Gasteiger partial charge in [0.05, 0.1) is 0 Å². The fourth-order valence-electron chi connectivity index (χ4n) is 2.05. The molecule has 1 aliphatic rings. The Morgan fingerprint density at radius 1 is 0.875 bits per heavy atom. The van der Waals surface area contributed by atoms with E-state index in [1.54, 1.807) is 0 Å². The maximum absolute atomic E-state index is 12.1. The predicted molar refractivity (Wildman–Crippen MR) is 67.4 cm³/mol. The molecular formula is C13H26N2O. The highest BCUT2D eigenvalue weighted by Gasteiger charge is 2.32. The molecule has 0 aromatic carbocycles. The van der Waals surface area contributed by atoms with Gasteiger partial charge in [0.2, 0.25) is 5.91 Å². The van der Waals surface area contributed by atoms with Crippen molar-refractivity contribution in [1.29, 1.82) is 0 Å². The first-order valence-electron chi connectivity index (χ1n) is 6.17. The standard InChI is InChI=1S/C13H26N2O/c1-12(2,3)11(16)14-7-9-15(10-8-14)13(4,5)6/h7-10H2,1-6H3. The molecule has 0 bridgehead atoms. The van der Waals surface area contributed by atoms with Gasteiger partial charge >= 0.3 is 0 Å². The van der Waals surface area contributed by atoms with Crippen molar-refractivity contribution in [3.63, 3.8) is 0 Å². The number of carbonyl (C=O) groups excluding carboxylic acids is 1. The van der Waals surface area contributed by atoms with Crippen LogP contribution >= 0.6 is 0 Å². The minimum absolute atomic E-state index is 0.219. The van der Waals surface area contributed by atoms with Crippen LogP contribution in [0.4, 0.5) is 0 Å². The first-order chi connectivity index (χ1) is 7.12. The number of hydrogen-bond donors (Lipinski definition) is 0. The van der Waals surface area contributed by atoms with Crippen LogP contribution in [-0.2, 0) is 4.79 Å². The second-order valence-corrected chi connectivity index (χ2v) is 6.70. The van der Waals surface area contributed by atoms with Gasteiger partial charge in [0.15, 0.2) is 0 Å². The Kier molecular flexibility index (Phi) is 3.68. The zero-order chi connectivity index (χ0) is 12.6. The van der Waals surface area contributed by atoms with Gasteiger partial charge in [0.1, 0.15) is 0 Å². The summed E-state index contributed by atoms with van der Waals surface area (Å²) in [5.74, 6) is 0.279. The molecule has 0 spiro atoms. The summed E-state index contributed by atoms with van der Waals surface area (Å²) < 4.78 is 0. The summed E-state index contributed by atoms with van der Waals surface area (Å²) in [6.07, 6.45) is 0. The van der Waals surface area contributed by atoms with Gasteiger partial charge < -0.3 is 4.90 Å². The number of hydrogen-bond acceptors (Lipinski definition) is 2. The van der Waals surface area contributed by atoms with Crippen molar-refractivity contribution in [2.75, 3.05) is 26.2 Å². The van der Waals surface area contributed by atoms with Crippen LogP contribution in [0.1, 0.15) is 41.5 Å². The average Bonchev–Trinajstić information content (AvgIpc) is 2.14. The molecule has 1 aliphatic heterocycles. The van der Waals surface area contributed by atoms with Gasteiger partial charge in [-0.3, -0.25) is 9.69 Å². The van der Waals surface area contributed by atoms with Gasteiger partial charge in [-0.25, -0.2) is 0 Å². The third kappa shape index (κ3) is 3.21. The Labute approximate surface area is 99.8 Å². The van der Waals surface area contributed by atoms with Crippen LogP contribution in [0.25, 0.3) is 0 Å². The molecule has 16 heavy (non-hydrogen) atoms. The first kappa shape index (κ1) is 13.5. The topological polar surface area (TPSA) is 23.6 Å². The molecular weight excluding hydrogens is 200 g/mol. The second-order valence-electron chi connectivity index (χ2n) is 6.70. The van der Waals surface area contributed by atoms with E-state index in [1.165, 1.54) is 0 Å². The number of carbonyl (C=O) groups is 1. The van der Waals surface area contributed by atoms with Crippen molar-refractivity contribution < 1.29 is 4.79 Å². The lowest BCUT2D eigenvalue weighted by molar-refractivity contribution is -0.142. The largest absolute Gasteiger partial charge is 0.340 e. The van der Waals surface area contributed by atoms with Crippen molar-refractivity contribution in [2.45, 2.75) is 47.1 Å². The van der Waals surface area contributed by atoms with Gasteiger partial charge in [-0.15, -0.1) is 0 Å². The van der Waals surface area contributed by atoms with E-state index in [4.69, 9.17) is 0 Å². The fourth-order valence-corrected chi connectivity index (χ4v) is 2.05. The molecule has 1 fully saturated rings. The minimum Gasteiger partial charge on any atom is -0.340 e. The smallest absolute Gasteiger partial charge is 0.228 e. The molecule has 0 aromatic heterocycles. The van der Waals surface area contributed by atoms with Gasteiger partial charge in [0.25, 0.3) is 0 Å². The second kappa shape index (κ2) is 4.36. The Morgan fingerprint density at radius 3 is 1.62 bits per heavy atom. The number of nitrogens with zero attached hydrogens (tertiary/aromatic N) is 2. The summed E-state index contributed by atoms with van der Waals surface area (Å²) in [4.78, 5) is 16.5. The van der Waals surface area contributed by atoms with Crippen LogP contribution in [0, 0.1) is 5.41 Å². The molecule has 1 heterocycles. The molecule has 0 N–H and O–H groups in total. The molecule has 3 heteroatoms. The van der Waals surface area contributed by atoms with Gasteiger partial charge in [-0.1, -0.05) is 20.8 Å². The highest BCUT2D eigenvalue weighted by atomic mass is 16.2. The van der Waals surface area contributed by atoms with Crippen LogP contribution in [-0.4, -0.2) is 47.4 Å². The van der Waals surface area contributed by atoms with Crippen LogP contribution in [0.15, 0.2) is 0 Å². The number of rotatable bonds is 0. The third-order valence-electron chi connectivity index (χ3n) is 3.16. The Hall–Kier alpha value is -0.570. The first-order valence-corrected chi connectivity index (χ1v) is 6.17. The van der Waals surface area contributed by atoms with Crippen LogP contribution in [0.5, 0.6) is 0 Å². The maximum Gasteiger partial charge on any atom is 0.228 e. The Morgan fingerprint density at radius 2 is 1.31 bits per heavy atom. The number of piperazine rings is 1. The highest BCUT2D eigenvalue weighted by Crippen LogP contribution is 2.21. The molecule has 0 unspecified atom stereocenters. The van der Waals surface area contributed by atoms with E-state index < -0.39 is 0 Å². The van der Waals surface area contributed by atoms with E-state index in [0.29, 0.717) is 0 Å². The summed E-state index contributed by atoms with van der Waals surface area (Å²) in [5.41, 5.74) is -0.0270. The summed E-state index contributed by atoms with van der Waals surface area (Å²) >= 11 is 0. The molecule has 0 aromatic rings. The van der Waals surface area contributed by atoms with E-state index in [9.17, 15) is 4.79 Å². The van der Waals surface area contributed by atoms with E-state index in [-0.39, 0.29) is 16.9 Å². The summed E-state index contributed by atoms with van der Waals surface area (Å²) in [6.45, 7) is 16.4. The third-order valence-corrected chi connectivity index (χ3v) is 3.16. The molecule has 0 radical (unpaired) electrons. The van der Waals surface area contributed by atoms with Crippen molar-refractivity contribution in [2.24, 2.45) is 5.41 Å². The average molecular weight is 226 g/mol. The SMILES string of the molecule is CC(C)(C)C(=O)N1CCN(C(C)(C)C)CC1. The molecule has 1 amide bonds. The monoisotopic (exact) mass is 226 g/mol. The van der Waals surface area contributed by atoms with Crippen LogP contribution < -0.4 is 0 Å². The number of amides is 1.